The Hall–Kier alpha value is -0.570. The Balaban J connectivity index is 2.63. The number of nitrogens with one attached hydrogen (secondary N) is 1. The van der Waals surface area contributed by atoms with E-state index in [1.165, 1.54) is 0 Å². The molecule has 0 aromatic carbocycles. The molecule has 1 unspecified atom stereocenters. The summed E-state index contributed by atoms with van der Waals surface area (Å²) in [7, 11) is 0. The Morgan fingerprint density at radius 2 is 1.62 bits per heavy atom. The van der Waals surface area contributed by atoms with Crippen LogP contribution in [0.2, 0.25) is 0 Å². The smallest absolute Gasteiger partial charge is 0.306 e. The second kappa shape index (κ2) is 5.67. The van der Waals surface area contributed by atoms with Gasteiger partial charge >= 0.3 is 5.97 Å². The molecule has 1 heterocycles. The molecule has 0 radical (unpaired) electrons. The van der Waals surface area contributed by atoms with Gasteiger partial charge in [0.25, 0.3) is 0 Å². The molecule has 94 valence electrons. The van der Waals surface area contributed by atoms with Gasteiger partial charge in [0.2, 0.25) is 0 Å². The molecule has 1 saturated heterocycles. The molecule has 16 heavy (non-hydrogen) atoms. The molecule has 1 N–H and O–H groups in total. The van der Waals surface area contributed by atoms with Gasteiger partial charge in [-0.1, -0.05) is 13.8 Å². The Kier molecular flexibility index (Phi) is 4.78. The number of hydrogen-bond acceptors (Lipinski definition) is 3. The third kappa shape index (κ3) is 2.97. The van der Waals surface area contributed by atoms with Crippen molar-refractivity contribution in [3.05, 3.63) is 0 Å². The lowest BCUT2D eigenvalue weighted by atomic mass is 9.71. The van der Waals surface area contributed by atoms with E-state index in [1.54, 1.807) is 0 Å². The molecule has 0 aromatic rings. The Morgan fingerprint density at radius 1 is 1.12 bits per heavy atom. The first-order chi connectivity index (χ1) is 7.47. The molecular weight excluding hydrogens is 202 g/mol. The highest BCUT2D eigenvalue weighted by molar-refractivity contribution is 5.69. The average molecular weight is 227 g/mol. The number of ether oxygens (including phenoxy) is 1. The van der Waals surface area contributed by atoms with Crippen molar-refractivity contribution in [2.45, 2.75) is 53.1 Å². The molecular formula is C13H25NO2. The molecule has 1 fully saturated rings. The molecule has 5 atom stereocenters. The zero-order valence-corrected chi connectivity index (χ0v) is 11.1. The SMILES string of the molecule is CCOC(=O)CC1[C@@H](C)[C@@H](C)N[C@H](C)[C@H]1C. The monoisotopic (exact) mass is 227 g/mol. The van der Waals surface area contributed by atoms with Crippen LogP contribution in [0, 0.1) is 17.8 Å². The summed E-state index contributed by atoms with van der Waals surface area (Å²) in [6.07, 6.45) is 0.562. The van der Waals surface area contributed by atoms with E-state index in [9.17, 15) is 4.79 Å². The lowest BCUT2D eigenvalue weighted by Crippen LogP contribution is -2.53. The summed E-state index contributed by atoms with van der Waals surface area (Å²) in [5.41, 5.74) is 0. The lowest BCUT2D eigenvalue weighted by Gasteiger charge is -2.43. The van der Waals surface area contributed by atoms with E-state index in [0.717, 1.165) is 0 Å². The van der Waals surface area contributed by atoms with Crippen LogP contribution >= 0.6 is 0 Å². The maximum atomic E-state index is 11.6. The molecule has 0 aromatic heterocycles. The highest BCUT2D eigenvalue weighted by Gasteiger charge is 2.37. The first-order valence-corrected chi connectivity index (χ1v) is 6.39. The summed E-state index contributed by atoms with van der Waals surface area (Å²) in [5, 5.41) is 3.56. The van der Waals surface area contributed by atoms with Crippen LogP contribution in [0.15, 0.2) is 0 Å². The van der Waals surface area contributed by atoms with E-state index in [2.05, 4.69) is 33.0 Å². The minimum Gasteiger partial charge on any atom is -0.466 e. The van der Waals surface area contributed by atoms with Crippen LogP contribution in [-0.4, -0.2) is 24.7 Å². The molecule has 3 heteroatoms. The Morgan fingerprint density at radius 3 is 2.06 bits per heavy atom. The van der Waals surface area contributed by atoms with Gasteiger partial charge in [-0.2, -0.15) is 0 Å². The molecule has 1 aliphatic heterocycles. The van der Waals surface area contributed by atoms with Crippen molar-refractivity contribution in [3.8, 4) is 0 Å². The number of esters is 1. The molecule has 3 nitrogen and oxygen atoms in total. The number of hydrogen-bond donors (Lipinski definition) is 1. The number of piperidine rings is 1. The fraction of sp³-hybridized carbons (Fsp3) is 0.923. The van der Waals surface area contributed by atoms with Gasteiger partial charge in [0, 0.05) is 18.5 Å². The second-order valence-electron chi connectivity index (χ2n) is 5.14. The summed E-state index contributed by atoms with van der Waals surface area (Å²) >= 11 is 0. The van der Waals surface area contributed by atoms with Crippen molar-refractivity contribution >= 4 is 5.97 Å². The fourth-order valence-corrected chi connectivity index (χ4v) is 2.72. The number of carbonyl (C=O) groups excluding carboxylic acids is 1. The molecule has 0 amide bonds. The lowest BCUT2D eigenvalue weighted by molar-refractivity contribution is -0.145. The first-order valence-electron chi connectivity index (χ1n) is 6.39. The predicted molar refractivity (Wildman–Crippen MR) is 65.1 cm³/mol. The van der Waals surface area contributed by atoms with Crippen LogP contribution < -0.4 is 5.32 Å². The zero-order chi connectivity index (χ0) is 12.3. The summed E-state index contributed by atoms with van der Waals surface area (Å²) in [4.78, 5) is 11.6. The van der Waals surface area contributed by atoms with Gasteiger partial charge in [-0.15, -0.1) is 0 Å². The minimum atomic E-state index is -0.0486. The van der Waals surface area contributed by atoms with Gasteiger partial charge in [-0.05, 0) is 38.5 Å². The topological polar surface area (TPSA) is 38.3 Å². The van der Waals surface area contributed by atoms with Crippen molar-refractivity contribution in [2.24, 2.45) is 17.8 Å². The maximum absolute atomic E-state index is 11.6. The quantitative estimate of drug-likeness (QED) is 0.751. The number of carbonyl (C=O) groups is 1. The van der Waals surface area contributed by atoms with Gasteiger partial charge in [-0.25, -0.2) is 0 Å². The standard InChI is InChI=1S/C13H25NO2/c1-6-16-13(15)7-12-8(2)10(4)14-11(5)9(12)3/h8-12,14H,6-7H2,1-5H3/t8-,9+,10-,11-,12?/m1/s1. The van der Waals surface area contributed by atoms with E-state index in [-0.39, 0.29) is 5.97 Å². The molecule has 0 spiro atoms. The maximum Gasteiger partial charge on any atom is 0.306 e. The summed E-state index contributed by atoms with van der Waals surface area (Å²) in [6, 6.07) is 0.955. The van der Waals surface area contributed by atoms with Gasteiger partial charge in [0.1, 0.15) is 0 Å². The molecule has 0 saturated carbocycles. The third-order valence-electron chi connectivity index (χ3n) is 4.16. The highest BCUT2D eigenvalue weighted by atomic mass is 16.5. The summed E-state index contributed by atoms with van der Waals surface area (Å²) < 4.78 is 5.05. The van der Waals surface area contributed by atoms with E-state index in [0.29, 0.717) is 42.9 Å². The van der Waals surface area contributed by atoms with Crippen LogP contribution in [-0.2, 0) is 9.53 Å². The van der Waals surface area contributed by atoms with Crippen molar-refractivity contribution in [1.82, 2.24) is 5.32 Å². The Labute approximate surface area is 98.9 Å². The first kappa shape index (κ1) is 13.5. The molecule has 0 aliphatic carbocycles. The molecule has 1 rings (SSSR count). The van der Waals surface area contributed by atoms with Crippen molar-refractivity contribution in [2.75, 3.05) is 6.61 Å². The van der Waals surface area contributed by atoms with E-state index in [4.69, 9.17) is 4.74 Å². The van der Waals surface area contributed by atoms with E-state index < -0.39 is 0 Å². The Bertz CT molecular complexity index is 228. The molecule has 1 aliphatic rings. The number of rotatable bonds is 3. The third-order valence-corrected chi connectivity index (χ3v) is 4.16. The van der Waals surface area contributed by atoms with Gasteiger partial charge in [-0.3, -0.25) is 4.79 Å². The van der Waals surface area contributed by atoms with Crippen molar-refractivity contribution in [1.29, 1.82) is 0 Å². The van der Waals surface area contributed by atoms with Crippen LogP contribution in [0.4, 0.5) is 0 Å². The van der Waals surface area contributed by atoms with Crippen LogP contribution in [0.3, 0.4) is 0 Å². The minimum absolute atomic E-state index is 0.0486. The van der Waals surface area contributed by atoms with Crippen molar-refractivity contribution in [3.63, 3.8) is 0 Å². The molecule has 0 bridgehead atoms. The average Bonchev–Trinajstić information content (AvgIpc) is 2.22. The van der Waals surface area contributed by atoms with E-state index >= 15 is 0 Å². The highest BCUT2D eigenvalue weighted by Crippen LogP contribution is 2.33. The second-order valence-corrected chi connectivity index (χ2v) is 5.14. The summed E-state index contributed by atoms with van der Waals surface area (Å²) in [6.45, 7) is 11.2. The van der Waals surface area contributed by atoms with Crippen molar-refractivity contribution < 1.29 is 9.53 Å². The fourth-order valence-electron chi connectivity index (χ4n) is 2.72. The van der Waals surface area contributed by atoms with Gasteiger partial charge in [0.05, 0.1) is 6.61 Å². The zero-order valence-electron chi connectivity index (χ0n) is 11.1. The predicted octanol–water partition coefficient (Wildman–Crippen LogP) is 2.21. The normalized spacial score (nSPS) is 39.4. The van der Waals surface area contributed by atoms with E-state index in [1.807, 2.05) is 6.92 Å². The van der Waals surface area contributed by atoms with Crippen LogP contribution in [0.1, 0.15) is 41.0 Å². The van der Waals surface area contributed by atoms with Crippen LogP contribution in [0.25, 0.3) is 0 Å². The van der Waals surface area contributed by atoms with Gasteiger partial charge < -0.3 is 10.1 Å². The van der Waals surface area contributed by atoms with Gasteiger partial charge in [0.15, 0.2) is 0 Å². The van der Waals surface area contributed by atoms with Crippen LogP contribution in [0.5, 0.6) is 0 Å². The summed E-state index contributed by atoms with van der Waals surface area (Å²) in [5.74, 6) is 1.43. The largest absolute Gasteiger partial charge is 0.466 e.